The summed E-state index contributed by atoms with van der Waals surface area (Å²) in [4.78, 5) is 17.2. The van der Waals surface area contributed by atoms with Crippen LogP contribution < -0.4 is 9.62 Å². The van der Waals surface area contributed by atoms with Crippen molar-refractivity contribution in [1.29, 1.82) is 0 Å². The lowest BCUT2D eigenvalue weighted by molar-refractivity contribution is 0.0949. The Balaban J connectivity index is 1.52. The molecule has 1 aliphatic rings. The first-order valence-electron chi connectivity index (χ1n) is 10.7. The first-order chi connectivity index (χ1) is 15.2. The summed E-state index contributed by atoms with van der Waals surface area (Å²) in [5, 5.41) is 3.44. The molecule has 1 amide bonds. The van der Waals surface area contributed by atoms with Gasteiger partial charge in [0, 0.05) is 43.3 Å². The van der Waals surface area contributed by atoms with Crippen molar-refractivity contribution in [3.05, 3.63) is 64.7 Å². The Kier molecular flexibility index (Phi) is 8.53. The van der Waals surface area contributed by atoms with E-state index in [9.17, 15) is 13.2 Å². The number of sulfonamides is 1. The standard InChI is InChI=1S/C23H31ClN4O3S/c1-26-13-15-27(16-14-26)12-4-11-25-23(29)20-9-7-19(8-10-20)18-28(32(2,30)31)22-6-3-5-21(24)17-22/h3,5-10,17H,4,11-16,18H2,1-2H3,(H,25,29). The highest BCUT2D eigenvalue weighted by Crippen LogP contribution is 2.24. The summed E-state index contributed by atoms with van der Waals surface area (Å²) in [5.41, 5.74) is 1.84. The molecule has 0 bridgehead atoms. The fourth-order valence-electron chi connectivity index (χ4n) is 3.64. The molecule has 3 rings (SSSR count). The molecular weight excluding hydrogens is 448 g/mol. The van der Waals surface area contributed by atoms with E-state index in [2.05, 4.69) is 22.2 Å². The van der Waals surface area contributed by atoms with Crippen molar-refractivity contribution < 1.29 is 13.2 Å². The Morgan fingerprint density at radius 2 is 1.78 bits per heavy atom. The third-order valence-electron chi connectivity index (χ3n) is 5.57. The van der Waals surface area contributed by atoms with Gasteiger partial charge in [-0.25, -0.2) is 8.42 Å². The van der Waals surface area contributed by atoms with Crippen molar-refractivity contribution >= 4 is 33.2 Å². The molecule has 9 heteroatoms. The molecule has 2 aromatic rings. The van der Waals surface area contributed by atoms with E-state index in [1.165, 1.54) is 4.31 Å². The molecule has 174 valence electrons. The van der Waals surface area contributed by atoms with Crippen LogP contribution in [0.1, 0.15) is 22.3 Å². The first-order valence-corrected chi connectivity index (χ1v) is 13.0. The lowest BCUT2D eigenvalue weighted by Gasteiger charge is -2.32. The average Bonchev–Trinajstić information content (AvgIpc) is 2.76. The highest BCUT2D eigenvalue weighted by molar-refractivity contribution is 7.92. The zero-order chi connectivity index (χ0) is 23.1. The number of carbonyl (C=O) groups is 1. The number of halogens is 1. The maximum absolute atomic E-state index is 12.4. The molecule has 7 nitrogen and oxygen atoms in total. The number of benzene rings is 2. The van der Waals surface area contributed by atoms with Crippen LogP contribution >= 0.6 is 11.6 Å². The van der Waals surface area contributed by atoms with Gasteiger partial charge in [-0.2, -0.15) is 0 Å². The van der Waals surface area contributed by atoms with Crippen LogP contribution in [0.25, 0.3) is 0 Å². The number of carbonyl (C=O) groups excluding carboxylic acids is 1. The van der Waals surface area contributed by atoms with E-state index in [0.29, 0.717) is 22.8 Å². The minimum Gasteiger partial charge on any atom is -0.352 e. The summed E-state index contributed by atoms with van der Waals surface area (Å²) in [6.07, 6.45) is 2.08. The quantitative estimate of drug-likeness (QED) is 0.561. The fourth-order valence-corrected chi connectivity index (χ4v) is 4.70. The summed E-state index contributed by atoms with van der Waals surface area (Å²) >= 11 is 6.03. The number of hydrogen-bond acceptors (Lipinski definition) is 5. The molecule has 0 spiro atoms. The van der Waals surface area contributed by atoms with Gasteiger partial charge in [0.15, 0.2) is 0 Å². The Morgan fingerprint density at radius 3 is 2.41 bits per heavy atom. The van der Waals surface area contributed by atoms with Gasteiger partial charge in [-0.3, -0.25) is 9.10 Å². The number of likely N-dealkylation sites (N-methyl/N-ethyl adjacent to an activating group) is 1. The molecule has 1 heterocycles. The van der Waals surface area contributed by atoms with E-state index < -0.39 is 10.0 Å². The van der Waals surface area contributed by atoms with Crippen LogP contribution in [0, 0.1) is 0 Å². The molecule has 1 saturated heterocycles. The molecule has 32 heavy (non-hydrogen) atoms. The summed E-state index contributed by atoms with van der Waals surface area (Å²) in [7, 11) is -1.36. The van der Waals surface area contributed by atoms with Crippen molar-refractivity contribution in [2.75, 3.05) is 56.9 Å². The predicted molar refractivity (Wildman–Crippen MR) is 130 cm³/mol. The summed E-state index contributed by atoms with van der Waals surface area (Å²) in [6.45, 7) is 6.10. The highest BCUT2D eigenvalue weighted by Gasteiger charge is 2.18. The minimum atomic E-state index is -3.50. The maximum Gasteiger partial charge on any atom is 0.251 e. The van der Waals surface area contributed by atoms with Gasteiger partial charge in [0.2, 0.25) is 10.0 Å². The van der Waals surface area contributed by atoms with E-state index in [1.54, 1.807) is 48.5 Å². The smallest absolute Gasteiger partial charge is 0.251 e. The van der Waals surface area contributed by atoms with Gasteiger partial charge >= 0.3 is 0 Å². The fraction of sp³-hybridized carbons (Fsp3) is 0.435. The highest BCUT2D eigenvalue weighted by atomic mass is 35.5. The summed E-state index contributed by atoms with van der Waals surface area (Å²) in [6, 6.07) is 13.7. The second kappa shape index (κ2) is 11.1. The van der Waals surface area contributed by atoms with Gasteiger partial charge in [0.25, 0.3) is 5.91 Å². The van der Waals surface area contributed by atoms with Crippen LogP contribution in [-0.2, 0) is 16.6 Å². The van der Waals surface area contributed by atoms with Crippen LogP contribution in [0.15, 0.2) is 48.5 Å². The third kappa shape index (κ3) is 7.20. The number of nitrogens with one attached hydrogen (secondary N) is 1. The number of rotatable bonds is 9. The van der Waals surface area contributed by atoms with E-state index in [1.807, 2.05) is 0 Å². The molecule has 1 N–H and O–H groups in total. The molecule has 0 aliphatic carbocycles. The topological polar surface area (TPSA) is 73.0 Å². The van der Waals surface area contributed by atoms with Crippen LogP contribution in [0.2, 0.25) is 5.02 Å². The average molecular weight is 479 g/mol. The molecule has 0 atom stereocenters. The second-order valence-corrected chi connectivity index (χ2v) is 10.5. The van der Waals surface area contributed by atoms with Crippen molar-refractivity contribution in [2.24, 2.45) is 0 Å². The molecule has 2 aromatic carbocycles. The van der Waals surface area contributed by atoms with Crippen molar-refractivity contribution in [1.82, 2.24) is 15.1 Å². The Morgan fingerprint density at radius 1 is 1.09 bits per heavy atom. The Bertz CT molecular complexity index is 1010. The second-order valence-electron chi connectivity index (χ2n) is 8.20. The third-order valence-corrected chi connectivity index (χ3v) is 6.95. The number of anilines is 1. The van der Waals surface area contributed by atoms with Gasteiger partial charge in [-0.1, -0.05) is 29.8 Å². The lowest BCUT2D eigenvalue weighted by atomic mass is 10.1. The van der Waals surface area contributed by atoms with E-state index >= 15 is 0 Å². The molecule has 0 unspecified atom stereocenters. The lowest BCUT2D eigenvalue weighted by Crippen LogP contribution is -2.45. The molecule has 0 radical (unpaired) electrons. The predicted octanol–water partition coefficient (Wildman–Crippen LogP) is 2.67. The van der Waals surface area contributed by atoms with Gasteiger partial charge in [0.1, 0.15) is 0 Å². The normalized spacial score (nSPS) is 15.5. The molecule has 1 aliphatic heterocycles. The first kappa shape index (κ1) is 24.5. The molecule has 0 aromatic heterocycles. The monoisotopic (exact) mass is 478 g/mol. The number of hydrogen-bond donors (Lipinski definition) is 1. The van der Waals surface area contributed by atoms with Gasteiger partial charge in [0.05, 0.1) is 18.5 Å². The van der Waals surface area contributed by atoms with E-state index in [0.717, 1.165) is 51.0 Å². The van der Waals surface area contributed by atoms with Gasteiger partial charge < -0.3 is 15.1 Å². The minimum absolute atomic E-state index is 0.121. The van der Waals surface area contributed by atoms with Gasteiger partial charge in [-0.15, -0.1) is 0 Å². The molecular formula is C23H31ClN4O3S. The van der Waals surface area contributed by atoms with Crippen molar-refractivity contribution in [2.45, 2.75) is 13.0 Å². The van der Waals surface area contributed by atoms with Crippen molar-refractivity contribution in [3.8, 4) is 0 Å². The zero-order valence-corrected chi connectivity index (χ0v) is 20.2. The van der Waals surface area contributed by atoms with Crippen LogP contribution in [0.5, 0.6) is 0 Å². The molecule has 1 fully saturated rings. The van der Waals surface area contributed by atoms with Gasteiger partial charge in [-0.05, 0) is 55.9 Å². The van der Waals surface area contributed by atoms with Crippen molar-refractivity contribution in [3.63, 3.8) is 0 Å². The number of nitrogens with zero attached hydrogens (tertiary/aromatic N) is 3. The largest absolute Gasteiger partial charge is 0.352 e. The molecule has 0 saturated carbocycles. The summed E-state index contributed by atoms with van der Waals surface area (Å²) < 4.78 is 25.9. The van der Waals surface area contributed by atoms with Crippen LogP contribution in [-0.4, -0.2) is 76.7 Å². The Labute approximate surface area is 196 Å². The van der Waals surface area contributed by atoms with E-state index in [-0.39, 0.29) is 12.5 Å². The number of amides is 1. The number of piperazine rings is 1. The SMILES string of the molecule is CN1CCN(CCCNC(=O)c2ccc(CN(c3cccc(Cl)c3)S(C)(=O)=O)cc2)CC1. The Hall–Kier alpha value is -2.13. The summed E-state index contributed by atoms with van der Waals surface area (Å²) in [5.74, 6) is -0.121. The van der Waals surface area contributed by atoms with Crippen LogP contribution in [0.4, 0.5) is 5.69 Å². The van der Waals surface area contributed by atoms with Crippen LogP contribution in [0.3, 0.4) is 0 Å². The maximum atomic E-state index is 12.4. The zero-order valence-electron chi connectivity index (χ0n) is 18.6. The van der Waals surface area contributed by atoms with E-state index in [4.69, 9.17) is 11.6 Å².